The van der Waals surface area contributed by atoms with Gasteiger partial charge in [-0.05, 0) is 62.6 Å². The summed E-state index contributed by atoms with van der Waals surface area (Å²) in [5.41, 5.74) is 2.62. The summed E-state index contributed by atoms with van der Waals surface area (Å²) in [6.07, 6.45) is 7.37. The maximum Gasteiger partial charge on any atom is 0.263 e. The Morgan fingerprint density at radius 3 is 2.75 bits per heavy atom. The van der Waals surface area contributed by atoms with Crippen molar-refractivity contribution in [3.8, 4) is 5.75 Å². The Balaban J connectivity index is 1.68. The van der Waals surface area contributed by atoms with Crippen LogP contribution >= 0.6 is 0 Å². The SMILES string of the molecule is C[C@H](Oc1cccc2c1CCCC2)C(=O)N(C)[C@@H]1CCCC[C@H]1O. The van der Waals surface area contributed by atoms with Gasteiger partial charge in [0.1, 0.15) is 5.75 Å². The second-order valence-corrected chi connectivity index (χ2v) is 7.23. The number of likely N-dealkylation sites (N-methyl/N-ethyl adjacent to an activating group) is 1. The van der Waals surface area contributed by atoms with Crippen molar-refractivity contribution >= 4 is 5.91 Å². The summed E-state index contributed by atoms with van der Waals surface area (Å²) in [6, 6.07) is 6.08. The van der Waals surface area contributed by atoms with Crippen LogP contribution in [-0.2, 0) is 17.6 Å². The van der Waals surface area contributed by atoms with Gasteiger partial charge >= 0.3 is 0 Å². The maximum atomic E-state index is 12.8. The summed E-state index contributed by atoms with van der Waals surface area (Å²) in [7, 11) is 1.79. The molecule has 0 unspecified atom stereocenters. The first-order valence-electron chi connectivity index (χ1n) is 9.30. The lowest BCUT2D eigenvalue weighted by molar-refractivity contribution is -0.142. The summed E-state index contributed by atoms with van der Waals surface area (Å²) in [6.45, 7) is 1.82. The molecule has 0 radical (unpaired) electrons. The summed E-state index contributed by atoms with van der Waals surface area (Å²) < 4.78 is 6.05. The number of aliphatic hydroxyl groups is 1. The molecule has 0 aromatic heterocycles. The molecule has 2 aliphatic carbocycles. The Labute approximate surface area is 144 Å². The van der Waals surface area contributed by atoms with Gasteiger partial charge in [0, 0.05) is 7.05 Å². The van der Waals surface area contributed by atoms with Gasteiger partial charge in [0.25, 0.3) is 5.91 Å². The zero-order valence-corrected chi connectivity index (χ0v) is 14.8. The van der Waals surface area contributed by atoms with E-state index >= 15 is 0 Å². The van der Waals surface area contributed by atoms with Crippen LogP contribution in [0.2, 0.25) is 0 Å². The first-order valence-corrected chi connectivity index (χ1v) is 9.30. The first-order chi connectivity index (χ1) is 11.6. The summed E-state index contributed by atoms with van der Waals surface area (Å²) in [5.74, 6) is 0.806. The number of fused-ring (bicyclic) bond motifs is 1. The zero-order chi connectivity index (χ0) is 17.1. The number of rotatable bonds is 4. The molecule has 0 bridgehead atoms. The number of aliphatic hydroxyl groups excluding tert-OH is 1. The molecule has 0 spiro atoms. The van der Waals surface area contributed by atoms with Gasteiger partial charge in [-0.1, -0.05) is 25.0 Å². The van der Waals surface area contributed by atoms with E-state index in [-0.39, 0.29) is 11.9 Å². The lowest BCUT2D eigenvalue weighted by atomic mass is 9.91. The lowest BCUT2D eigenvalue weighted by Crippen LogP contribution is -2.50. The van der Waals surface area contributed by atoms with Crippen molar-refractivity contribution in [3.63, 3.8) is 0 Å². The summed E-state index contributed by atoms with van der Waals surface area (Å²) in [4.78, 5) is 14.4. The van der Waals surface area contributed by atoms with Crippen molar-refractivity contribution in [1.82, 2.24) is 4.90 Å². The van der Waals surface area contributed by atoms with Crippen LogP contribution in [0.25, 0.3) is 0 Å². The number of hydrogen-bond donors (Lipinski definition) is 1. The number of hydrogen-bond acceptors (Lipinski definition) is 3. The van der Waals surface area contributed by atoms with Crippen LogP contribution < -0.4 is 4.74 Å². The number of carbonyl (C=O) groups excluding carboxylic acids is 1. The molecule has 0 aliphatic heterocycles. The third kappa shape index (κ3) is 3.59. The highest BCUT2D eigenvalue weighted by molar-refractivity contribution is 5.81. The van der Waals surface area contributed by atoms with E-state index < -0.39 is 12.2 Å². The zero-order valence-electron chi connectivity index (χ0n) is 14.8. The molecular weight excluding hydrogens is 302 g/mol. The molecule has 1 saturated carbocycles. The highest BCUT2D eigenvalue weighted by atomic mass is 16.5. The number of nitrogens with zero attached hydrogens (tertiary/aromatic N) is 1. The highest BCUT2D eigenvalue weighted by Gasteiger charge is 2.32. The largest absolute Gasteiger partial charge is 0.481 e. The van der Waals surface area contributed by atoms with E-state index in [9.17, 15) is 9.90 Å². The van der Waals surface area contributed by atoms with Crippen molar-refractivity contribution in [2.45, 2.75) is 76.5 Å². The van der Waals surface area contributed by atoms with Gasteiger partial charge in [-0.25, -0.2) is 0 Å². The van der Waals surface area contributed by atoms with Crippen LogP contribution in [-0.4, -0.2) is 41.2 Å². The van der Waals surface area contributed by atoms with Gasteiger partial charge in [0.05, 0.1) is 12.1 Å². The summed E-state index contributed by atoms with van der Waals surface area (Å²) in [5, 5.41) is 10.2. The average Bonchev–Trinajstić information content (AvgIpc) is 2.61. The lowest BCUT2D eigenvalue weighted by Gasteiger charge is -2.36. The van der Waals surface area contributed by atoms with E-state index in [0.717, 1.165) is 44.3 Å². The molecule has 4 nitrogen and oxygen atoms in total. The number of ether oxygens (including phenoxy) is 1. The predicted octanol–water partition coefficient (Wildman–Crippen LogP) is 3.09. The van der Waals surface area contributed by atoms with Crippen molar-refractivity contribution in [2.24, 2.45) is 0 Å². The normalized spacial score (nSPS) is 24.8. The quantitative estimate of drug-likeness (QED) is 0.922. The number of carbonyl (C=O) groups is 1. The second kappa shape index (κ2) is 7.56. The van der Waals surface area contributed by atoms with E-state index in [1.807, 2.05) is 19.1 Å². The topological polar surface area (TPSA) is 49.8 Å². The molecule has 3 atom stereocenters. The molecule has 1 aromatic rings. The molecule has 3 rings (SSSR count). The van der Waals surface area contributed by atoms with E-state index in [4.69, 9.17) is 4.74 Å². The third-order valence-electron chi connectivity index (χ3n) is 5.54. The molecule has 1 N–H and O–H groups in total. The maximum absolute atomic E-state index is 12.8. The van der Waals surface area contributed by atoms with Crippen LogP contribution in [0.4, 0.5) is 0 Å². The van der Waals surface area contributed by atoms with E-state index in [1.165, 1.54) is 24.0 Å². The molecule has 1 amide bonds. The molecule has 24 heavy (non-hydrogen) atoms. The van der Waals surface area contributed by atoms with Gasteiger partial charge in [-0.3, -0.25) is 4.79 Å². The Kier molecular flexibility index (Phi) is 5.44. The molecule has 132 valence electrons. The fraction of sp³-hybridized carbons (Fsp3) is 0.650. The van der Waals surface area contributed by atoms with Crippen molar-refractivity contribution < 1.29 is 14.6 Å². The van der Waals surface area contributed by atoms with Crippen molar-refractivity contribution in [2.75, 3.05) is 7.05 Å². The Hall–Kier alpha value is -1.55. The Bertz CT molecular complexity index is 586. The van der Waals surface area contributed by atoms with Crippen LogP contribution in [0.3, 0.4) is 0 Å². The van der Waals surface area contributed by atoms with Gasteiger partial charge in [0.2, 0.25) is 0 Å². The van der Waals surface area contributed by atoms with E-state index in [2.05, 4.69) is 6.07 Å². The standard InChI is InChI=1S/C20H29NO3/c1-14(20(23)21(2)17-11-5-6-12-18(17)22)24-19-13-7-9-15-8-3-4-10-16(15)19/h7,9,13-14,17-18,22H,3-6,8,10-12H2,1-2H3/t14-,17+,18+/m0/s1. The Morgan fingerprint density at radius 2 is 1.96 bits per heavy atom. The molecule has 1 fully saturated rings. The monoisotopic (exact) mass is 331 g/mol. The van der Waals surface area contributed by atoms with Gasteiger partial charge in [-0.2, -0.15) is 0 Å². The van der Waals surface area contributed by atoms with Crippen LogP contribution in [0.15, 0.2) is 18.2 Å². The average molecular weight is 331 g/mol. The fourth-order valence-corrected chi connectivity index (χ4v) is 4.09. The highest BCUT2D eigenvalue weighted by Crippen LogP contribution is 2.30. The van der Waals surface area contributed by atoms with Gasteiger partial charge < -0.3 is 14.7 Å². The van der Waals surface area contributed by atoms with E-state index in [1.54, 1.807) is 11.9 Å². The third-order valence-corrected chi connectivity index (χ3v) is 5.54. The van der Waals surface area contributed by atoms with E-state index in [0.29, 0.717) is 0 Å². The number of amides is 1. The minimum absolute atomic E-state index is 0.0469. The molecule has 0 saturated heterocycles. The van der Waals surface area contributed by atoms with Crippen LogP contribution in [0, 0.1) is 0 Å². The number of aryl methyl sites for hydroxylation is 1. The van der Waals surface area contributed by atoms with Gasteiger partial charge in [-0.15, -0.1) is 0 Å². The van der Waals surface area contributed by atoms with Crippen molar-refractivity contribution in [1.29, 1.82) is 0 Å². The second-order valence-electron chi connectivity index (χ2n) is 7.23. The minimum atomic E-state index is -0.530. The fourth-order valence-electron chi connectivity index (χ4n) is 4.09. The first kappa shape index (κ1) is 17.3. The van der Waals surface area contributed by atoms with Crippen molar-refractivity contribution in [3.05, 3.63) is 29.3 Å². The number of benzene rings is 1. The predicted molar refractivity (Wildman–Crippen MR) is 94.2 cm³/mol. The minimum Gasteiger partial charge on any atom is -0.481 e. The summed E-state index contributed by atoms with van der Waals surface area (Å²) >= 11 is 0. The Morgan fingerprint density at radius 1 is 1.21 bits per heavy atom. The molecule has 2 aliphatic rings. The molecular formula is C20H29NO3. The van der Waals surface area contributed by atoms with Crippen LogP contribution in [0.5, 0.6) is 5.75 Å². The molecule has 0 heterocycles. The van der Waals surface area contributed by atoms with Gasteiger partial charge in [0.15, 0.2) is 6.10 Å². The molecule has 4 heteroatoms. The van der Waals surface area contributed by atoms with Crippen LogP contribution in [0.1, 0.15) is 56.6 Å². The molecule has 1 aromatic carbocycles. The smallest absolute Gasteiger partial charge is 0.263 e.